The first-order valence-corrected chi connectivity index (χ1v) is 4.06. The molecule has 0 unspecified atom stereocenters. The molecular formula is C9H13N3O. The number of nitrogens with two attached hydrogens (primary N) is 1. The molecule has 0 aliphatic carbocycles. The van der Waals surface area contributed by atoms with Crippen molar-refractivity contribution in [3.05, 3.63) is 23.4 Å². The molecule has 0 fully saturated rings. The van der Waals surface area contributed by atoms with Crippen molar-refractivity contribution >= 4 is 11.7 Å². The highest BCUT2D eigenvalue weighted by molar-refractivity contribution is 5.78. The van der Waals surface area contributed by atoms with E-state index in [2.05, 4.69) is 10.3 Å². The summed E-state index contributed by atoms with van der Waals surface area (Å²) in [5.74, 6) is 0.466. The van der Waals surface area contributed by atoms with Gasteiger partial charge in [-0.15, -0.1) is 0 Å². The van der Waals surface area contributed by atoms with Gasteiger partial charge in [0.15, 0.2) is 0 Å². The summed E-state index contributed by atoms with van der Waals surface area (Å²) in [6, 6.07) is 3.53. The molecule has 0 bridgehead atoms. The van der Waals surface area contributed by atoms with Crippen molar-refractivity contribution in [3.63, 3.8) is 0 Å². The van der Waals surface area contributed by atoms with Crippen LogP contribution in [0.5, 0.6) is 0 Å². The van der Waals surface area contributed by atoms with Crippen molar-refractivity contribution < 1.29 is 4.79 Å². The number of hydrogen-bond donors (Lipinski definition) is 2. The van der Waals surface area contributed by atoms with Gasteiger partial charge in [-0.05, 0) is 18.6 Å². The lowest BCUT2D eigenvalue weighted by Gasteiger charge is -2.04. The summed E-state index contributed by atoms with van der Waals surface area (Å²) in [6.45, 7) is 1.84. The summed E-state index contributed by atoms with van der Waals surface area (Å²) in [7, 11) is 1.61. The Morgan fingerprint density at radius 3 is 2.85 bits per heavy atom. The molecule has 1 heterocycles. The number of anilines is 1. The average molecular weight is 179 g/mol. The number of nitrogens with zero attached hydrogens (tertiary/aromatic N) is 1. The maximum atomic E-state index is 11.0. The Labute approximate surface area is 77.2 Å². The number of aryl methyl sites for hydroxylation is 1. The molecule has 13 heavy (non-hydrogen) atoms. The van der Waals surface area contributed by atoms with E-state index in [1.165, 1.54) is 0 Å². The number of aromatic nitrogens is 1. The molecule has 4 nitrogen and oxygen atoms in total. The summed E-state index contributed by atoms with van der Waals surface area (Å²) < 4.78 is 0. The predicted molar refractivity (Wildman–Crippen MR) is 51.2 cm³/mol. The Bertz CT molecular complexity index is 323. The van der Waals surface area contributed by atoms with Crippen LogP contribution in [0.3, 0.4) is 0 Å². The van der Waals surface area contributed by atoms with Gasteiger partial charge < -0.3 is 11.1 Å². The van der Waals surface area contributed by atoms with Crippen LogP contribution in [0.1, 0.15) is 11.3 Å². The minimum absolute atomic E-state index is 0.0188. The normalized spacial score (nSPS) is 9.69. The Morgan fingerprint density at radius 1 is 1.62 bits per heavy atom. The Kier molecular flexibility index (Phi) is 2.84. The maximum Gasteiger partial charge on any atom is 0.224 e. The minimum Gasteiger partial charge on any atom is -0.384 e. The summed E-state index contributed by atoms with van der Waals surface area (Å²) in [5, 5.41) is 2.56. The number of pyridine rings is 1. The molecule has 0 saturated carbocycles. The average Bonchev–Trinajstić information content (AvgIpc) is 2.09. The minimum atomic E-state index is -0.0188. The topological polar surface area (TPSA) is 68.0 Å². The molecule has 1 rings (SSSR count). The van der Waals surface area contributed by atoms with E-state index in [-0.39, 0.29) is 5.91 Å². The van der Waals surface area contributed by atoms with Crippen molar-refractivity contribution in [3.8, 4) is 0 Å². The van der Waals surface area contributed by atoms with E-state index in [4.69, 9.17) is 5.73 Å². The fourth-order valence-electron chi connectivity index (χ4n) is 1.06. The highest BCUT2D eigenvalue weighted by Gasteiger charge is 2.04. The fraction of sp³-hybridized carbons (Fsp3) is 0.333. The number of carbonyl (C=O) groups excluding carboxylic acids is 1. The van der Waals surface area contributed by atoms with Gasteiger partial charge in [0.05, 0.1) is 6.42 Å². The molecule has 0 aromatic carbocycles. The van der Waals surface area contributed by atoms with Gasteiger partial charge in [-0.2, -0.15) is 0 Å². The first-order valence-electron chi connectivity index (χ1n) is 4.06. The van der Waals surface area contributed by atoms with Crippen LogP contribution in [-0.2, 0) is 11.2 Å². The van der Waals surface area contributed by atoms with E-state index in [1.54, 1.807) is 13.1 Å². The second-order valence-corrected chi connectivity index (χ2v) is 2.83. The zero-order valence-electron chi connectivity index (χ0n) is 7.79. The van der Waals surface area contributed by atoms with Crippen LogP contribution >= 0.6 is 0 Å². The van der Waals surface area contributed by atoms with Gasteiger partial charge in [-0.1, -0.05) is 6.07 Å². The van der Waals surface area contributed by atoms with Crippen molar-refractivity contribution in [2.45, 2.75) is 13.3 Å². The Balaban J connectivity index is 2.83. The third kappa shape index (κ3) is 2.43. The molecule has 0 spiro atoms. The van der Waals surface area contributed by atoms with E-state index >= 15 is 0 Å². The standard InChI is InChI=1S/C9H13N3O/c1-6-7(5-9(13)11-2)3-4-8(10)12-6/h3-4H,5H2,1-2H3,(H2,10,12)(H,11,13). The van der Waals surface area contributed by atoms with Crippen LogP contribution < -0.4 is 11.1 Å². The van der Waals surface area contributed by atoms with Crippen molar-refractivity contribution in [2.24, 2.45) is 0 Å². The molecule has 1 amide bonds. The number of hydrogen-bond acceptors (Lipinski definition) is 3. The zero-order valence-corrected chi connectivity index (χ0v) is 7.79. The smallest absolute Gasteiger partial charge is 0.224 e. The SMILES string of the molecule is CNC(=O)Cc1ccc(N)nc1C. The molecule has 0 atom stereocenters. The largest absolute Gasteiger partial charge is 0.384 e. The van der Waals surface area contributed by atoms with Crippen LogP contribution in [0.4, 0.5) is 5.82 Å². The third-order valence-electron chi connectivity index (χ3n) is 1.85. The van der Waals surface area contributed by atoms with Gasteiger partial charge in [0, 0.05) is 12.7 Å². The summed E-state index contributed by atoms with van der Waals surface area (Å²) in [5.41, 5.74) is 7.20. The van der Waals surface area contributed by atoms with Crippen molar-refractivity contribution in [2.75, 3.05) is 12.8 Å². The Morgan fingerprint density at radius 2 is 2.31 bits per heavy atom. The third-order valence-corrected chi connectivity index (χ3v) is 1.85. The first kappa shape index (κ1) is 9.51. The van der Waals surface area contributed by atoms with Crippen LogP contribution in [0.2, 0.25) is 0 Å². The highest BCUT2D eigenvalue weighted by Crippen LogP contribution is 2.08. The second-order valence-electron chi connectivity index (χ2n) is 2.83. The monoisotopic (exact) mass is 179 g/mol. The van der Waals surface area contributed by atoms with E-state index in [9.17, 15) is 4.79 Å². The maximum absolute atomic E-state index is 11.0. The molecule has 1 aromatic rings. The molecular weight excluding hydrogens is 166 g/mol. The number of nitrogen functional groups attached to an aromatic ring is 1. The molecule has 70 valence electrons. The molecule has 0 aliphatic heterocycles. The van der Waals surface area contributed by atoms with Crippen molar-refractivity contribution in [1.82, 2.24) is 10.3 Å². The highest BCUT2D eigenvalue weighted by atomic mass is 16.1. The molecule has 0 aliphatic rings. The second kappa shape index (κ2) is 3.89. The van der Waals surface area contributed by atoms with E-state index in [0.717, 1.165) is 11.3 Å². The van der Waals surface area contributed by atoms with Crippen LogP contribution in [0.25, 0.3) is 0 Å². The number of rotatable bonds is 2. The van der Waals surface area contributed by atoms with Crippen LogP contribution in [-0.4, -0.2) is 17.9 Å². The number of likely N-dealkylation sites (N-methyl/N-ethyl adjacent to an activating group) is 1. The molecule has 4 heteroatoms. The van der Waals surface area contributed by atoms with Crippen LogP contribution in [0.15, 0.2) is 12.1 Å². The van der Waals surface area contributed by atoms with Gasteiger partial charge in [0.1, 0.15) is 5.82 Å². The summed E-state index contributed by atoms with van der Waals surface area (Å²) in [4.78, 5) is 15.1. The van der Waals surface area contributed by atoms with Gasteiger partial charge in [0.2, 0.25) is 5.91 Å². The van der Waals surface area contributed by atoms with Gasteiger partial charge in [0.25, 0.3) is 0 Å². The number of amides is 1. The fourth-order valence-corrected chi connectivity index (χ4v) is 1.06. The lowest BCUT2D eigenvalue weighted by Crippen LogP contribution is -2.20. The molecule has 1 aromatic heterocycles. The molecule has 3 N–H and O–H groups in total. The van der Waals surface area contributed by atoms with Gasteiger partial charge in [-0.25, -0.2) is 4.98 Å². The van der Waals surface area contributed by atoms with Gasteiger partial charge in [-0.3, -0.25) is 4.79 Å². The molecule has 0 saturated heterocycles. The van der Waals surface area contributed by atoms with E-state index < -0.39 is 0 Å². The number of nitrogens with one attached hydrogen (secondary N) is 1. The lowest BCUT2D eigenvalue weighted by atomic mass is 10.1. The molecule has 0 radical (unpaired) electrons. The summed E-state index contributed by atoms with van der Waals surface area (Å²) in [6.07, 6.45) is 0.357. The Hall–Kier alpha value is -1.58. The van der Waals surface area contributed by atoms with Crippen LogP contribution in [0, 0.1) is 6.92 Å². The van der Waals surface area contributed by atoms with E-state index in [0.29, 0.717) is 12.2 Å². The lowest BCUT2D eigenvalue weighted by molar-refractivity contribution is -0.119. The quantitative estimate of drug-likeness (QED) is 0.684. The van der Waals surface area contributed by atoms with Crippen molar-refractivity contribution in [1.29, 1.82) is 0 Å². The van der Waals surface area contributed by atoms with Gasteiger partial charge >= 0.3 is 0 Å². The summed E-state index contributed by atoms with van der Waals surface area (Å²) >= 11 is 0. The first-order chi connectivity index (χ1) is 6.13. The predicted octanol–water partition coefficient (Wildman–Crippen LogP) is 0.261. The van der Waals surface area contributed by atoms with E-state index in [1.807, 2.05) is 13.0 Å². The zero-order chi connectivity index (χ0) is 9.84. The number of carbonyl (C=O) groups is 1.